The number of nitrogens with two attached hydrogens (primary N) is 1. The zero-order valence-electron chi connectivity index (χ0n) is 7.95. The number of methoxy groups -OCH3 is 1. The van der Waals surface area contributed by atoms with Crippen molar-refractivity contribution in [3.8, 4) is 0 Å². The molecule has 0 aromatic carbocycles. The minimum atomic E-state index is -0.357. The SMILES string of the molecule is COCCCOC(=O)COCCN. The van der Waals surface area contributed by atoms with E-state index in [0.29, 0.717) is 32.8 Å². The van der Waals surface area contributed by atoms with Gasteiger partial charge < -0.3 is 19.9 Å². The second kappa shape index (κ2) is 9.44. The maximum Gasteiger partial charge on any atom is 0.332 e. The van der Waals surface area contributed by atoms with Crippen molar-refractivity contribution in [3.63, 3.8) is 0 Å². The van der Waals surface area contributed by atoms with Gasteiger partial charge in [0.05, 0.1) is 13.2 Å². The van der Waals surface area contributed by atoms with Gasteiger partial charge in [0.1, 0.15) is 6.61 Å². The molecule has 0 amide bonds. The van der Waals surface area contributed by atoms with Gasteiger partial charge in [0.15, 0.2) is 0 Å². The number of hydrogen-bond donors (Lipinski definition) is 1. The lowest BCUT2D eigenvalue weighted by Gasteiger charge is -2.04. The van der Waals surface area contributed by atoms with Gasteiger partial charge in [-0.25, -0.2) is 4.79 Å². The molecule has 2 N–H and O–H groups in total. The first-order valence-electron chi connectivity index (χ1n) is 4.23. The first-order chi connectivity index (χ1) is 6.31. The molecule has 0 saturated heterocycles. The van der Waals surface area contributed by atoms with Crippen molar-refractivity contribution in [2.75, 3.05) is 40.1 Å². The molecule has 0 bridgehead atoms. The lowest BCUT2D eigenvalue weighted by atomic mass is 10.5. The molecule has 78 valence electrons. The molecule has 0 heterocycles. The molecule has 0 radical (unpaired) electrons. The Bertz CT molecular complexity index is 129. The fourth-order valence-corrected chi connectivity index (χ4v) is 0.670. The van der Waals surface area contributed by atoms with Crippen LogP contribution in [0.4, 0.5) is 0 Å². The lowest BCUT2D eigenvalue weighted by Crippen LogP contribution is -2.17. The van der Waals surface area contributed by atoms with Gasteiger partial charge in [0.25, 0.3) is 0 Å². The first-order valence-corrected chi connectivity index (χ1v) is 4.23. The molecule has 0 fully saturated rings. The topological polar surface area (TPSA) is 70.8 Å². The molecule has 0 rings (SSSR count). The molecule has 0 unspecified atom stereocenters. The summed E-state index contributed by atoms with van der Waals surface area (Å²) in [7, 11) is 1.60. The van der Waals surface area contributed by atoms with E-state index in [1.807, 2.05) is 0 Å². The van der Waals surface area contributed by atoms with Gasteiger partial charge in [0.2, 0.25) is 0 Å². The van der Waals surface area contributed by atoms with E-state index < -0.39 is 0 Å². The molecule has 0 aromatic heterocycles. The normalized spacial score (nSPS) is 10.0. The fourth-order valence-electron chi connectivity index (χ4n) is 0.670. The van der Waals surface area contributed by atoms with Crippen LogP contribution in [0, 0.1) is 0 Å². The van der Waals surface area contributed by atoms with Crippen LogP contribution < -0.4 is 5.73 Å². The van der Waals surface area contributed by atoms with Crippen LogP contribution >= 0.6 is 0 Å². The summed E-state index contributed by atoms with van der Waals surface area (Å²) in [5.74, 6) is -0.357. The van der Waals surface area contributed by atoms with Crippen LogP contribution in [0.5, 0.6) is 0 Å². The Labute approximate surface area is 78.1 Å². The van der Waals surface area contributed by atoms with Crippen LogP contribution in [0.25, 0.3) is 0 Å². The Kier molecular flexibility index (Phi) is 8.97. The van der Waals surface area contributed by atoms with Crippen molar-refractivity contribution in [3.05, 3.63) is 0 Å². The molecule has 0 atom stereocenters. The number of ether oxygens (including phenoxy) is 3. The van der Waals surface area contributed by atoms with Crippen LogP contribution in [0.15, 0.2) is 0 Å². The van der Waals surface area contributed by atoms with Crippen molar-refractivity contribution >= 4 is 5.97 Å². The van der Waals surface area contributed by atoms with Gasteiger partial charge in [-0.2, -0.15) is 0 Å². The fraction of sp³-hybridized carbons (Fsp3) is 0.875. The van der Waals surface area contributed by atoms with Gasteiger partial charge in [-0.3, -0.25) is 0 Å². The summed E-state index contributed by atoms with van der Waals surface area (Å²) >= 11 is 0. The van der Waals surface area contributed by atoms with Crippen molar-refractivity contribution in [1.29, 1.82) is 0 Å². The number of esters is 1. The Morgan fingerprint density at radius 3 is 2.69 bits per heavy atom. The predicted octanol–water partition coefficient (Wildman–Crippen LogP) is -0.459. The first kappa shape index (κ1) is 12.3. The summed E-state index contributed by atoms with van der Waals surface area (Å²) in [6, 6.07) is 0. The highest BCUT2D eigenvalue weighted by Crippen LogP contribution is 1.86. The summed E-state index contributed by atoms with van der Waals surface area (Å²) in [5.41, 5.74) is 5.16. The van der Waals surface area contributed by atoms with Crippen molar-refractivity contribution in [1.82, 2.24) is 0 Å². The van der Waals surface area contributed by atoms with E-state index in [0.717, 1.165) is 0 Å². The summed E-state index contributed by atoms with van der Waals surface area (Å²) in [6.07, 6.45) is 0.707. The third-order valence-electron chi connectivity index (χ3n) is 1.24. The van der Waals surface area contributed by atoms with Crippen molar-refractivity contribution < 1.29 is 19.0 Å². The highest BCUT2D eigenvalue weighted by molar-refractivity contribution is 5.70. The van der Waals surface area contributed by atoms with Gasteiger partial charge >= 0.3 is 5.97 Å². The monoisotopic (exact) mass is 191 g/mol. The molecule has 0 aliphatic heterocycles. The van der Waals surface area contributed by atoms with E-state index in [9.17, 15) is 4.79 Å². The third kappa shape index (κ3) is 9.26. The number of hydrogen-bond acceptors (Lipinski definition) is 5. The summed E-state index contributed by atoms with van der Waals surface area (Å²) in [4.78, 5) is 10.9. The Balaban J connectivity index is 3.11. The number of carbonyl (C=O) groups excluding carboxylic acids is 1. The molecule has 0 aromatic rings. The quantitative estimate of drug-likeness (QED) is 0.415. The van der Waals surface area contributed by atoms with Crippen LogP contribution in [-0.4, -0.2) is 46.1 Å². The van der Waals surface area contributed by atoms with E-state index in [1.165, 1.54) is 0 Å². The Hall–Kier alpha value is -0.650. The molecule has 0 saturated carbocycles. The van der Waals surface area contributed by atoms with Gasteiger partial charge in [-0.1, -0.05) is 0 Å². The van der Waals surface area contributed by atoms with E-state index in [4.69, 9.17) is 19.9 Å². The van der Waals surface area contributed by atoms with E-state index in [1.54, 1.807) is 7.11 Å². The maximum atomic E-state index is 10.9. The second-order valence-corrected chi connectivity index (χ2v) is 2.41. The Morgan fingerprint density at radius 1 is 1.31 bits per heavy atom. The van der Waals surface area contributed by atoms with E-state index >= 15 is 0 Å². The largest absolute Gasteiger partial charge is 0.464 e. The number of carbonyl (C=O) groups is 1. The molecule has 0 aliphatic carbocycles. The van der Waals surface area contributed by atoms with E-state index in [-0.39, 0.29) is 12.6 Å². The van der Waals surface area contributed by atoms with Gasteiger partial charge in [-0.05, 0) is 0 Å². The molecule has 0 aliphatic rings. The van der Waals surface area contributed by atoms with Gasteiger partial charge in [0, 0.05) is 26.7 Å². The van der Waals surface area contributed by atoms with Crippen LogP contribution in [0.2, 0.25) is 0 Å². The zero-order chi connectivity index (χ0) is 9.94. The van der Waals surface area contributed by atoms with Crippen LogP contribution in [0.3, 0.4) is 0 Å². The summed E-state index contributed by atoms with van der Waals surface area (Å²) in [6.45, 7) is 1.74. The predicted molar refractivity (Wildman–Crippen MR) is 47.3 cm³/mol. The number of rotatable bonds is 8. The smallest absolute Gasteiger partial charge is 0.332 e. The van der Waals surface area contributed by atoms with Crippen molar-refractivity contribution in [2.45, 2.75) is 6.42 Å². The molecular formula is C8H17NO4. The summed E-state index contributed by atoms with van der Waals surface area (Å²) in [5, 5.41) is 0. The standard InChI is InChI=1S/C8H17NO4/c1-11-4-2-5-13-8(10)7-12-6-3-9/h2-7,9H2,1H3. The minimum Gasteiger partial charge on any atom is -0.464 e. The Morgan fingerprint density at radius 2 is 2.08 bits per heavy atom. The van der Waals surface area contributed by atoms with Crippen molar-refractivity contribution in [2.24, 2.45) is 5.73 Å². The molecule has 5 heteroatoms. The average molecular weight is 191 g/mol. The zero-order valence-corrected chi connectivity index (χ0v) is 7.95. The summed E-state index contributed by atoms with van der Waals surface area (Å²) < 4.78 is 14.5. The van der Waals surface area contributed by atoms with Crippen LogP contribution in [0.1, 0.15) is 6.42 Å². The molecule has 5 nitrogen and oxygen atoms in total. The van der Waals surface area contributed by atoms with Gasteiger partial charge in [-0.15, -0.1) is 0 Å². The maximum absolute atomic E-state index is 10.9. The van der Waals surface area contributed by atoms with Crippen LogP contribution in [-0.2, 0) is 19.0 Å². The average Bonchev–Trinajstić information content (AvgIpc) is 2.13. The molecule has 13 heavy (non-hydrogen) atoms. The van der Waals surface area contributed by atoms with E-state index in [2.05, 4.69) is 0 Å². The molecular weight excluding hydrogens is 174 g/mol. The minimum absolute atomic E-state index is 0.0236. The third-order valence-corrected chi connectivity index (χ3v) is 1.24. The molecule has 0 spiro atoms. The second-order valence-electron chi connectivity index (χ2n) is 2.41. The highest BCUT2D eigenvalue weighted by Gasteiger charge is 2.01. The lowest BCUT2D eigenvalue weighted by molar-refractivity contribution is -0.149. The highest BCUT2D eigenvalue weighted by atomic mass is 16.6.